The number of anilines is 1. The minimum atomic E-state index is -3.74. The van der Waals surface area contributed by atoms with Gasteiger partial charge in [-0.2, -0.15) is 4.31 Å². The molecule has 1 N–H and O–H groups in total. The second-order valence-electron chi connectivity index (χ2n) is 11.2. The highest BCUT2D eigenvalue weighted by molar-refractivity contribution is 7.89. The van der Waals surface area contributed by atoms with Gasteiger partial charge in [0.25, 0.3) is 5.91 Å². The minimum Gasteiger partial charge on any atom is -0.379 e. The molecule has 1 aromatic heterocycles. The van der Waals surface area contributed by atoms with Crippen LogP contribution in [-0.2, 0) is 37.3 Å². The topological polar surface area (TPSA) is 101 Å². The zero-order valence-corrected chi connectivity index (χ0v) is 25.1. The van der Waals surface area contributed by atoms with Gasteiger partial charge in [-0.3, -0.25) is 9.59 Å². The summed E-state index contributed by atoms with van der Waals surface area (Å²) in [7, 11) is -3.74. The van der Waals surface area contributed by atoms with Crippen molar-refractivity contribution in [2.75, 3.05) is 37.7 Å². The van der Waals surface area contributed by atoms with Gasteiger partial charge in [0.2, 0.25) is 15.9 Å². The largest absolute Gasteiger partial charge is 0.379 e. The first-order chi connectivity index (χ1) is 20.3. The van der Waals surface area contributed by atoms with Crippen LogP contribution < -0.4 is 10.2 Å². The smallest absolute Gasteiger partial charge is 0.258 e. The fourth-order valence-corrected chi connectivity index (χ4v) is 7.97. The van der Waals surface area contributed by atoms with Gasteiger partial charge >= 0.3 is 0 Å². The number of nitrogens with one attached hydrogen (secondary N) is 1. The Kier molecular flexibility index (Phi) is 7.95. The van der Waals surface area contributed by atoms with Gasteiger partial charge in [0.05, 0.1) is 29.3 Å². The SMILES string of the molecule is CCc1cccc2c(C=C3C(=O)N(CC)c4ccc(S(=O)(=O)N5CCOCC5)cc43)cn(CC(=O)NC3CCCC3)c12. The van der Waals surface area contributed by atoms with E-state index in [4.69, 9.17) is 4.74 Å². The molecule has 0 spiro atoms. The first-order valence-electron chi connectivity index (χ1n) is 15.0. The summed E-state index contributed by atoms with van der Waals surface area (Å²) in [4.78, 5) is 28.6. The molecular formula is C32H38N4O5S. The average molecular weight is 591 g/mol. The molecule has 3 aromatic rings. The molecule has 2 fully saturated rings. The van der Waals surface area contributed by atoms with Gasteiger partial charge in [-0.25, -0.2) is 8.42 Å². The highest BCUT2D eigenvalue weighted by atomic mass is 32.2. The number of sulfonamides is 1. The third-order valence-corrected chi connectivity index (χ3v) is 10.6. The first-order valence-corrected chi connectivity index (χ1v) is 16.4. The maximum Gasteiger partial charge on any atom is 0.258 e. The van der Waals surface area contributed by atoms with Crippen molar-refractivity contribution in [2.45, 2.75) is 63.4 Å². The van der Waals surface area contributed by atoms with Crippen molar-refractivity contribution >= 4 is 50.1 Å². The number of nitrogens with zero attached hydrogens (tertiary/aromatic N) is 3. The van der Waals surface area contributed by atoms with Gasteiger partial charge in [0.1, 0.15) is 6.54 Å². The Morgan fingerprint density at radius 2 is 1.86 bits per heavy atom. The summed E-state index contributed by atoms with van der Waals surface area (Å²) < 4.78 is 35.7. The summed E-state index contributed by atoms with van der Waals surface area (Å²) in [5.41, 5.74) is 4.67. The summed E-state index contributed by atoms with van der Waals surface area (Å²) in [5, 5.41) is 4.14. The van der Waals surface area contributed by atoms with Crippen molar-refractivity contribution in [3.05, 3.63) is 59.3 Å². The van der Waals surface area contributed by atoms with Crippen molar-refractivity contribution in [1.29, 1.82) is 0 Å². The van der Waals surface area contributed by atoms with Gasteiger partial charge in [-0.1, -0.05) is 38.0 Å². The zero-order valence-electron chi connectivity index (χ0n) is 24.3. The van der Waals surface area contributed by atoms with Crippen LogP contribution in [-0.4, -0.2) is 68.0 Å². The van der Waals surface area contributed by atoms with Crippen molar-refractivity contribution in [1.82, 2.24) is 14.2 Å². The molecule has 9 nitrogen and oxygen atoms in total. The highest BCUT2D eigenvalue weighted by Crippen LogP contribution is 2.40. The molecule has 1 saturated carbocycles. The maximum atomic E-state index is 13.7. The number of ether oxygens (including phenoxy) is 1. The van der Waals surface area contributed by atoms with E-state index in [-0.39, 0.29) is 29.3 Å². The monoisotopic (exact) mass is 590 g/mol. The molecule has 0 atom stereocenters. The maximum absolute atomic E-state index is 13.7. The zero-order chi connectivity index (χ0) is 29.4. The molecule has 0 bridgehead atoms. The Morgan fingerprint density at radius 1 is 1.10 bits per heavy atom. The van der Waals surface area contributed by atoms with Crippen molar-refractivity contribution in [3.8, 4) is 0 Å². The number of hydrogen-bond donors (Lipinski definition) is 1. The molecule has 2 aromatic carbocycles. The van der Waals surface area contributed by atoms with Gasteiger partial charge in [0, 0.05) is 54.0 Å². The Balaban J connectivity index is 1.42. The Hall–Kier alpha value is -3.47. The normalized spacial score (nSPS) is 19.2. The number of amides is 2. The van der Waals surface area contributed by atoms with Gasteiger partial charge in [0.15, 0.2) is 0 Å². The van der Waals surface area contributed by atoms with Gasteiger partial charge < -0.3 is 19.5 Å². The summed E-state index contributed by atoms with van der Waals surface area (Å²) >= 11 is 0. The van der Waals surface area contributed by atoms with E-state index in [2.05, 4.69) is 18.3 Å². The molecule has 222 valence electrons. The van der Waals surface area contributed by atoms with E-state index in [1.807, 2.05) is 35.9 Å². The number of hydrogen-bond acceptors (Lipinski definition) is 5. The number of likely N-dealkylation sites (N-methyl/N-ethyl adjacent to an activating group) is 1. The van der Waals surface area contributed by atoms with E-state index in [0.29, 0.717) is 49.7 Å². The molecule has 10 heteroatoms. The van der Waals surface area contributed by atoms with Crippen LogP contribution in [0.3, 0.4) is 0 Å². The van der Waals surface area contributed by atoms with Crippen molar-refractivity contribution in [3.63, 3.8) is 0 Å². The molecule has 2 aliphatic heterocycles. The van der Waals surface area contributed by atoms with Gasteiger partial charge in [-0.05, 0) is 56.0 Å². The first kappa shape index (κ1) is 28.6. The van der Waals surface area contributed by atoms with Crippen LogP contribution in [0.5, 0.6) is 0 Å². The molecule has 3 aliphatic rings. The van der Waals surface area contributed by atoms with E-state index in [1.54, 1.807) is 23.1 Å². The Labute approximate surface area is 247 Å². The van der Waals surface area contributed by atoms with Crippen LogP contribution in [0.1, 0.15) is 56.2 Å². The lowest BCUT2D eigenvalue weighted by Gasteiger charge is -2.26. The van der Waals surface area contributed by atoms with Crippen LogP contribution in [0.4, 0.5) is 5.69 Å². The third kappa shape index (κ3) is 5.16. The van der Waals surface area contributed by atoms with E-state index in [1.165, 1.54) is 4.31 Å². The van der Waals surface area contributed by atoms with E-state index in [0.717, 1.165) is 54.1 Å². The van der Waals surface area contributed by atoms with E-state index in [9.17, 15) is 18.0 Å². The molecule has 2 amide bonds. The fraction of sp³-hybridized carbons (Fsp3) is 0.438. The number of fused-ring (bicyclic) bond motifs is 2. The Bertz CT molecular complexity index is 1660. The molecule has 0 unspecified atom stereocenters. The summed E-state index contributed by atoms with van der Waals surface area (Å²) in [5.74, 6) is -0.179. The molecule has 3 heterocycles. The fourth-order valence-electron chi connectivity index (χ4n) is 6.53. The van der Waals surface area contributed by atoms with Crippen LogP contribution in [0.25, 0.3) is 22.6 Å². The van der Waals surface area contributed by atoms with Crippen LogP contribution >= 0.6 is 0 Å². The van der Waals surface area contributed by atoms with Crippen LogP contribution in [0.2, 0.25) is 0 Å². The second kappa shape index (κ2) is 11.7. The molecule has 1 aliphatic carbocycles. The molecular weight excluding hydrogens is 552 g/mol. The quantitative estimate of drug-likeness (QED) is 0.397. The number of rotatable bonds is 8. The average Bonchev–Trinajstić information content (AvgIpc) is 3.70. The van der Waals surface area contributed by atoms with Gasteiger partial charge in [-0.15, -0.1) is 0 Å². The van der Waals surface area contributed by atoms with E-state index < -0.39 is 10.0 Å². The molecule has 0 radical (unpaired) electrons. The number of aryl methyl sites for hydroxylation is 1. The minimum absolute atomic E-state index is 0.0127. The molecule has 6 rings (SSSR count). The van der Waals surface area contributed by atoms with Crippen LogP contribution in [0, 0.1) is 0 Å². The second-order valence-corrected chi connectivity index (χ2v) is 13.2. The lowest BCUT2D eigenvalue weighted by molar-refractivity contribution is -0.122. The predicted molar refractivity (Wildman–Crippen MR) is 164 cm³/mol. The molecule has 1 saturated heterocycles. The van der Waals surface area contributed by atoms with Crippen molar-refractivity contribution < 1.29 is 22.7 Å². The van der Waals surface area contributed by atoms with Crippen LogP contribution in [0.15, 0.2) is 47.5 Å². The standard InChI is InChI=1S/C32H38N4O5S/c1-3-22-8-7-11-26-23(20-34(31(22)26)21-30(37)33-24-9-5-6-10-24)18-28-27-19-25(12-13-29(27)36(4-2)32(28)38)42(39,40)35-14-16-41-17-15-35/h7-8,11-13,18-20,24H,3-6,9-10,14-17,21H2,1-2H3,(H,33,37). The molecule has 42 heavy (non-hydrogen) atoms. The predicted octanol–water partition coefficient (Wildman–Crippen LogP) is 4.19. The number of carbonyl (C=O) groups excluding carboxylic acids is 2. The van der Waals surface area contributed by atoms with E-state index >= 15 is 0 Å². The lowest BCUT2D eigenvalue weighted by atomic mass is 10.0. The number of aromatic nitrogens is 1. The number of para-hydroxylation sites is 1. The number of morpholine rings is 1. The number of carbonyl (C=O) groups is 2. The Morgan fingerprint density at radius 3 is 2.57 bits per heavy atom. The summed E-state index contributed by atoms with van der Waals surface area (Å²) in [6.45, 7) is 5.98. The summed E-state index contributed by atoms with van der Waals surface area (Å²) in [6, 6.07) is 11.3. The van der Waals surface area contributed by atoms with Crippen molar-refractivity contribution in [2.24, 2.45) is 0 Å². The summed E-state index contributed by atoms with van der Waals surface area (Å²) in [6.07, 6.45) is 8.94. The third-order valence-electron chi connectivity index (χ3n) is 8.68. The highest BCUT2D eigenvalue weighted by Gasteiger charge is 2.34. The number of benzene rings is 2. The lowest BCUT2D eigenvalue weighted by Crippen LogP contribution is -2.40.